The summed E-state index contributed by atoms with van der Waals surface area (Å²) in [5, 5.41) is 0. The minimum atomic E-state index is 0.152. The van der Waals surface area contributed by atoms with Crippen LogP contribution in [-0.4, -0.2) is 37.7 Å². The molecule has 0 aliphatic carbocycles. The molecule has 1 aliphatic rings. The first kappa shape index (κ1) is 14.0. The Hall–Kier alpha value is -0.420. The fraction of sp³-hybridized carbons (Fsp3) is 0.571. The van der Waals surface area contributed by atoms with Crippen LogP contribution in [0.4, 0.5) is 0 Å². The maximum Gasteiger partial charge on any atom is 0.0594 e. The highest BCUT2D eigenvalue weighted by Crippen LogP contribution is 2.19. The van der Waals surface area contributed by atoms with E-state index in [4.69, 9.17) is 10.5 Å². The van der Waals surface area contributed by atoms with Crippen LogP contribution in [0, 0.1) is 0 Å². The molecule has 1 aromatic rings. The molecule has 18 heavy (non-hydrogen) atoms. The van der Waals surface area contributed by atoms with E-state index in [1.807, 2.05) is 0 Å². The monoisotopic (exact) mass is 312 g/mol. The Morgan fingerprint density at radius 1 is 1.22 bits per heavy atom. The molecule has 1 aromatic carbocycles. The quantitative estimate of drug-likeness (QED) is 0.908. The fourth-order valence-corrected chi connectivity index (χ4v) is 2.50. The van der Waals surface area contributed by atoms with Gasteiger partial charge in [0.1, 0.15) is 0 Å². The zero-order valence-electron chi connectivity index (χ0n) is 10.6. The molecule has 1 heterocycles. The standard InChI is InChI=1S/C14H21BrN2O/c15-13-5-3-12(4-6-13)14(16)2-1-7-17-8-10-18-11-9-17/h3-6,14H,1-2,7-11,16H2. The van der Waals surface area contributed by atoms with E-state index in [0.717, 1.165) is 50.2 Å². The van der Waals surface area contributed by atoms with Crippen molar-refractivity contribution in [3.8, 4) is 0 Å². The molecule has 1 saturated heterocycles. The second-order valence-electron chi connectivity index (χ2n) is 4.75. The van der Waals surface area contributed by atoms with Gasteiger partial charge in [-0.2, -0.15) is 0 Å². The lowest BCUT2D eigenvalue weighted by Gasteiger charge is -2.26. The van der Waals surface area contributed by atoms with Crippen molar-refractivity contribution in [3.63, 3.8) is 0 Å². The van der Waals surface area contributed by atoms with Gasteiger partial charge in [-0.05, 0) is 37.1 Å². The molecule has 0 spiro atoms. The van der Waals surface area contributed by atoms with Crippen LogP contribution in [0.5, 0.6) is 0 Å². The maximum atomic E-state index is 6.20. The first-order valence-corrected chi connectivity index (χ1v) is 7.36. The molecule has 2 rings (SSSR count). The van der Waals surface area contributed by atoms with Gasteiger partial charge in [0.15, 0.2) is 0 Å². The molecular formula is C14H21BrN2O. The van der Waals surface area contributed by atoms with Gasteiger partial charge in [-0.1, -0.05) is 28.1 Å². The maximum absolute atomic E-state index is 6.20. The molecule has 0 bridgehead atoms. The molecule has 100 valence electrons. The highest BCUT2D eigenvalue weighted by Gasteiger charge is 2.11. The third kappa shape index (κ3) is 4.35. The summed E-state index contributed by atoms with van der Waals surface area (Å²) < 4.78 is 6.44. The van der Waals surface area contributed by atoms with E-state index in [-0.39, 0.29) is 6.04 Å². The summed E-state index contributed by atoms with van der Waals surface area (Å²) in [7, 11) is 0. The van der Waals surface area contributed by atoms with E-state index >= 15 is 0 Å². The Morgan fingerprint density at radius 2 is 1.89 bits per heavy atom. The minimum Gasteiger partial charge on any atom is -0.379 e. The molecule has 1 fully saturated rings. The largest absolute Gasteiger partial charge is 0.379 e. The molecule has 0 saturated carbocycles. The van der Waals surface area contributed by atoms with E-state index in [0.29, 0.717) is 0 Å². The van der Waals surface area contributed by atoms with Gasteiger partial charge in [0, 0.05) is 23.6 Å². The van der Waals surface area contributed by atoms with Crippen molar-refractivity contribution < 1.29 is 4.74 Å². The second kappa shape index (κ2) is 7.24. The van der Waals surface area contributed by atoms with Crippen molar-refractivity contribution in [3.05, 3.63) is 34.3 Å². The third-order valence-electron chi connectivity index (χ3n) is 3.39. The normalized spacial score (nSPS) is 18.8. The predicted octanol–water partition coefficient (Wildman–Crippen LogP) is 2.56. The van der Waals surface area contributed by atoms with Crippen LogP contribution in [0.3, 0.4) is 0 Å². The van der Waals surface area contributed by atoms with Crippen LogP contribution < -0.4 is 5.73 Å². The molecular weight excluding hydrogens is 292 g/mol. The van der Waals surface area contributed by atoms with Gasteiger partial charge in [-0.15, -0.1) is 0 Å². The lowest BCUT2D eigenvalue weighted by molar-refractivity contribution is 0.0370. The molecule has 0 radical (unpaired) electrons. The van der Waals surface area contributed by atoms with Gasteiger partial charge in [-0.25, -0.2) is 0 Å². The van der Waals surface area contributed by atoms with Gasteiger partial charge < -0.3 is 10.5 Å². The number of ether oxygens (including phenoxy) is 1. The highest BCUT2D eigenvalue weighted by atomic mass is 79.9. The van der Waals surface area contributed by atoms with Crippen molar-refractivity contribution in [2.24, 2.45) is 5.73 Å². The average molecular weight is 313 g/mol. The van der Waals surface area contributed by atoms with Crippen LogP contribution in [0.1, 0.15) is 24.4 Å². The average Bonchev–Trinajstić information content (AvgIpc) is 2.40. The number of nitrogens with two attached hydrogens (primary N) is 1. The Bertz CT molecular complexity index is 349. The zero-order valence-corrected chi connectivity index (χ0v) is 12.2. The summed E-state index contributed by atoms with van der Waals surface area (Å²) in [5.74, 6) is 0. The Morgan fingerprint density at radius 3 is 2.56 bits per heavy atom. The summed E-state index contributed by atoms with van der Waals surface area (Å²) in [6.45, 7) is 5.01. The van der Waals surface area contributed by atoms with E-state index < -0.39 is 0 Å². The van der Waals surface area contributed by atoms with Crippen LogP contribution in [0.2, 0.25) is 0 Å². The Balaban J connectivity index is 1.70. The van der Waals surface area contributed by atoms with E-state index in [1.165, 1.54) is 5.56 Å². The third-order valence-corrected chi connectivity index (χ3v) is 3.92. The van der Waals surface area contributed by atoms with Crippen molar-refractivity contribution in [2.45, 2.75) is 18.9 Å². The number of benzene rings is 1. The second-order valence-corrected chi connectivity index (χ2v) is 5.67. The first-order valence-electron chi connectivity index (χ1n) is 6.57. The Kier molecular flexibility index (Phi) is 5.63. The van der Waals surface area contributed by atoms with Gasteiger partial charge in [-0.3, -0.25) is 4.90 Å². The molecule has 1 atom stereocenters. The van der Waals surface area contributed by atoms with Crippen molar-refractivity contribution in [1.82, 2.24) is 4.90 Å². The van der Waals surface area contributed by atoms with Crippen molar-refractivity contribution in [1.29, 1.82) is 0 Å². The van der Waals surface area contributed by atoms with Gasteiger partial charge in [0.05, 0.1) is 13.2 Å². The highest BCUT2D eigenvalue weighted by molar-refractivity contribution is 9.10. The van der Waals surface area contributed by atoms with Crippen LogP contribution in [-0.2, 0) is 4.74 Å². The number of rotatable bonds is 5. The van der Waals surface area contributed by atoms with E-state index in [1.54, 1.807) is 0 Å². The number of halogens is 1. The zero-order chi connectivity index (χ0) is 12.8. The minimum absolute atomic E-state index is 0.152. The topological polar surface area (TPSA) is 38.5 Å². The SMILES string of the molecule is NC(CCCN1CCOCC1)c1ccc(Br)cc1. The molecule has 2 N–H and O–H groups in total. The molecule has 1 aliphatic heterocycles. The van der Waals surface area contributed by atoms with Crippen LogP contribution in [0.15, 0.2) is 28.7 Å². The summed E-state index contributed by atoms with van der Waals surface area (Å²) in [6, 6.07) is 8.46. The molecule has 1 unspecified atom stereocenters. The van der Waals surface area contributed by atoms with Crippen molar-refractivity contribution in [2.75, 3.05) is 32.8 Å². The van der Waals surface area contributed by atoms with Crippen LogP contribution in [0.25, 0.3) is 0 Å². The lowest BCUT2D eigenvalue weighted by atomic mass is 10.0. The lowest BCUT2D eigenvalue weighted by Crippen LogP contribution is -2.37. The number of nitrogens with zero attached hydrogens (tertiary/aromatic N) is 1. The number of morpholine rings is 1. The predicted molar refractivity (Wildman–Crippen MR) is 77.6 cm³/mol. The molecule has 4 heteroatoms. The molecule has 3 nitrogen and oxygen atoms in total. The Labute approximate surface area is 117 Å². The summed E-state index contributed by atoms with van der Waals surface area (Å²) in [5.41, 5.74) is 7.42. The van der Waals surface area contributed by atoms with E-state index in [9.17, 15) is 0 Å². The fourth-order valence-electron chi connectivity index (χ4n) is 2.24. The summed E-state index contributed by atoms with van der Waals surface area (Å²) in [6.07, 6.45) is 2.19. The number of hydrogen-bond donors (Lipinski definition) is 1. The van der Waals surface area contributed by atoms with Crippen LogP contribution >= 0.6 is 15.9 Å². The summed E-state index contributed by atoms with van der Waals surface area (Å²) >= 11 is 3.44. The molecule has 0 aromatic heterocycles. The first-order chi connectivity index (χ1) is 8.75. The van der Waals surface area contributed by atoms with Gasteiger partial charge >= 0.3 is 0 Å². The van der Waals surface area contributed by atoms with E-state index in [2.05, 4.69) is 45.1 Å². The summed E-state index contributed by atoms with van der Waals surface area (Å²) in [4.78, 5) is 2.46. The van der Waals surface area contributed by atoms with Gasteiger partial charge in [0.25, 0.3) is 0 Å². The smallest absolute Gasteiger partial charge is 0.0594 e. The van der Waals surface area contributed by atoms with Crippen molar-refractivity contribution >= 4 is 15.9 Å². The number of hydrogen-bond acceptors (Lipinski definition) is 3. The molecule has 0 amide bonds. The van der Waals surface area contributed by atoms with Gasteiger partial charge in [0.2, 0.25) is 0 Å².